The van der Waals surface area contributed by atoms with Crippen LogP contribution in [0.4, 0.5) is 0 Å². The second-order valence-electron chi connectivity index (χ2n) is 5.48. The van der Waals surface area contributed by atoms with E-state index in [1.54, 1.807) is 13.8 Å². The molecule has 106 valence electrons. The highest BCUT2D eigenvalue weighted by molar-refractivity contribution is 5.77. The normalized spacial score (nSPS) is 13.6. The zero-order chi connectivity index (χ0) is 14.6. The van der Waals surface area contributed by atoms with E-state index in [2.05, 4.69) is 43.0 Å². The van der Waals surface area contributed by atoms with Gasteiger partial charge in [0.25, 0.3) is 0 Å². The molecular weight excluding hydrogens is 238 g/mol. The predicted molar refractivity (Wildman–Crippen MR) is 78.3 cm³/mol. The molecule has 1 aromatic carbocycles. The van der Waals surface area contributed by atoms with Crippen molar-refractivity contribution in [1.82, 2.24) is 4.90 Å². The zero-order valence-electron chi connectivity index (χ0n) is 12.6. The van der Waals surface area contributed by atoms with Crippen LogP contribution in [-0.4, -0.2) is 28.1 Å². The van der Waals surface area contributed by atoms with Gasteiger partial charge in [0.1, 0.15) is 5.54 Å². The van der Waals surface area contributed by atoms with Crippen LogP contribution in [0, 0.1) is 6.92 Å². The fraction of sp³-hybridized carbons (Fsp3) is 0.562. The first-order valence-corrected chi connectivity index (χ1v) is 6.91. The molecule has 0 aliphatic carbocycles. The van der Waals surface area contributed by atoms with E-state index < -0.39 is 11.5 Å². The van der Waals surface area contributed by atoms with Crippen molar-refractivity contribution >= 4 is 5.97 Å². The summed E-state index contributed by atoms with van der Waals surface area (Å²) in [5, 5.41) is 9.44. The highest BCUT2D eigenvalue weighted by Crippen LogP contribution is 2.31. The third kappa shape index (κ3) is 3.35. The van der Waals surface area contributed by atoms with E-state index in [-0.39, 0.29) is 6.04 Å². The summed E-state index contributed by atoms with van der Waals surface area (Å²) in [6, 6.07) is 8.50. The molecule has 1 N–H and O–H groups in total. The summed E-state index contributed by atoms with van der Waals surface area (Å²) < 4.78 is 0. The van der Waals surface area contributed by atoms with Gasteiger partial charge in [-0.05, 0) is 39.3 Å². The van der Waals surface area contributed by atoms with Gasteiger partial charge in [0.15, 0.2) is 0 Å². The number of hydrogen-bond acceptors (Lipinski definition) is 2. The van der Waals surface area contributed by atoms with Gasteiger partial charge in [-0.25, -0.2) is 0 Å². The number of aliphatic carboxylic acids is 1. The van der Waals surface area contributed by atoms with Crippen LogP contribution in [-0.2, 0) is 4.79 Å². The highest BCUT2D eigenvalue weighted by Gasteiger charge is 2.37. The lowest BCUT2D eigenvalue weighted by molar-refractivity contribution is -0.151. The van der Waals surface area contributed by atoms with Crippen molar-refractivity contribution in [1.29, 1.82) is 0 Å². The number of nitrogens with zero attached hydrogens (tertiary/aromatic N) is 1. The van der Waals surface area contributed by atoms with Gasteiger partial charge in [-0.2, -0.15) is 0 Å². The Morgan fingerprint density at radius 2 is 1.79 bits per heavy atom. The topological polar surface area (TPSA) is 40.5 Å². The quantitative estimate of drug-likeness (QED) is 0.852. The number of carboxylic acid groups (broad SMARTS) is 1. The Morgan fingerprint density at radius 1 is 1.26 bits per heavy atom. The molecule has 0 saturated heterocycles. The fourth-order valence-corrected chi connectivity index (χ4v) is 2.55. The molecular formula is C16H25NO2. The maximum Gasteiger partial charge on any atom is 0.323 e. The van der Waals surface area contributed by atoms with Crippen LogP contribution in [0.5, 0.6) is 0 Å². The van der Waals surface area contributed by atoms with Gasteiger partial charge in [0, 0.05) is 6.04 Å². The smallest absolute Gasteiger partial charge is 0.323 e. The number of rotatable bonds is 6. The molecule has 0 aliphatic rings. The molecule has 0 saturated carbocycles. The number of benzene rings is 1. The van der Waals surface area contributed by atoms with Gasteiger partial charge in [-0.3, -0.25) is 9.69 Å². The van der Waals surface area contributed by atoms with Crippen LogP contribution >= 0.6 is 0 Å². The van der Waals surface area contributed by atoms with Crippen molar-refractivity contribution in [2.75, 3.05) is 6.54 Å². The van der Waals surface area contributed by atoms with Crippen molar-refractivity contribution in [2.24, 2.45) is 0 Å². The van der Waals surface area contributed by atoms with Crippen LogP contribution in [0.25, 0.3) is 0 Å². The minimum atomic E-state index is -0.861. The Hall–Kier alpha value is -1.35. The lowest BCUT2D eigenvalue weighted by atomic mass is 9.94. The van der Waals surface area contributed by atoms with Crippen LogP contribution < -0.4 is 0 Å². The number of carboxylic acids is 1. The Balaban J connectivity index is 3.12. The summed E-state index contributed by atoms with van der Waals surface area (Å²) >= 11 is 0. The maximum atomic E-state index is 11.5. The van der Waals surface area contributed by atoms with Crippen molar-refractivity contribution in [3.8, 4) is 0 Å². The van der Waals surface area contributed by atoms with Gasteiger partial charge in [0.05, 0.1) is 0 Å². The molecule has 1 aromatic rings. The van der Waals surface area contributed by atoms with E-state index >= 15 is 0 Å². The minimum Gasteiger partial charge on any atom is -0.480 e. The number of likely N-dealkylation sites (N-methyl/N-ethyl adjacent to an activating group) is 1. The molecule has 0 spiro atoms. The van der Waals surface area contributed by atoms with Crippen molar-refractivity contribution in [3.63, 3.8) is 0 Å². The molecule has 1 atom stereocenters. The molecule has 1 unspecified atom stereocenters. The van der Waals surface area contributed by atoms with Crippen LogP contribution in [0.3, 0.4) is 0 Å². The van der Waals surface area contributed by atoms with E-state index in [0.29, 0.717) is 6.54 Å². The standard InChI is InChI=1S/C16H25NO2/c1-6-14(13-10-8-12(3)9-11-13)17(7-2)16(4,5)15(18)19/h8-11,14H,6-7H2,1-5H3,(H,18,19). The summed E-state index contributed by atoms with van der Waals surface area (Å²) in [7, 11) is 0. The van der Waals surface area contributed by atoms with Crippen LogP contribution in [0.2, 0.25) is 0 Å². The summed E-state index contributed by atoms with van der Waals surface area (Å²) in [5.41, 5.74) is 1.55. The van der Waals surface area contributed by atoms with E-state index in [0.717, 1.165) is 6.42 Å². The van der Waals surface area contributed by atoms with E-state index in [1.807, 2.05) is 6.92 Å². The Morgan fingerprint density at radius 3 is 2.16 bits per heavy atom. The average Bonchev–Trinajstić information content (AvgIpc) is 2.36. The second kappa shape index (κ2) is 6.20. The summed E-state index contributed by atoms with van der Waals surface area (Å²) in [5.74, 6) is -0.778. The SMILES string of the molecule is CCC(c1ccc(C)cc1)N(CC)C(C)(C)C(=O)O. The molecule has 0 aromatic heterocycles. The molecule has 3 heteroatoms. The first kappa shape index (κ1) is 15.7. The van der Waals surface area contributed by atoms with Crippen molar-refractivity contribution < 1.29 is 9.90 Å². The zero-order valence-corrected chi connectivity index (χ0v) is 12.6. The molecule has 3 nitrogen and oxygen atoms in total. The molecule has 0 amide bonds. The highest BCUT2D eigenvalue weighted by atomic mass is 16.4. The van der Waals surface area contributed by atoms with Gasteiger partial charge in [-0.15, -0.1) is 0 Å². The molecule has 0 aliphatic heterocycles. The average molecular weight is 263 g/mol. The van der Waals surface area contributed by atoms with Crippen LogP contribution in [0.15, 0.2) is 24.3 Å². The number of aryl methyl sites for hydroxylation is 1. The molecule has 19 heavy (non-hydrogen) atoms. The molecule has 0 radical (unpaired) electrons. The maximum absolute atomic E-state index is 11.5. The van der Waals surface area contributed by atoms with Gasteiger partial charge in [0.2, 0.25) is 0 Å². The van der Waals surface area contributed by atoms with E-state index in [1.165, 1.54) is 11.1 Å². The molecule has 1 rings (SSSR count). The lowest BCUT2D eigenvalue weighted by Gasteiger charge is -2.40. The lowest BCUT2D eigenvalue weighted by Crippen LogP contribution is -2.51. The van der Waals surface area contributed by atoms with E-state index in [4.69, 9.17) is 0 Å². The first-order valence-electron chi connectivity index (χ1n) is 6.91. The van der Waals surface area contributed by atoms with E-state index in [9.17, 15) is 9.90 Å². The molecule has 0 fully saturated rings. The Labute approximate surface area is 116 Å². The van der Waals surface area contributed by atoms with Gasteiger partial charge >= 0.3 is 5.97 Å². The molecule has 0 bridgehead atoms. The monoisotopic (exact) mass is 263 g/mol. The summed E-state index contributed by atoms with van der Waals surface area (Å²) in [4.78, 5) is 13.5. The summed E-state index contributed by atoms with van der Waals surface area (Å²) in [6.45, 7) is 10.4. The van der Waals surface area contributed by atoms with Crippen LogP contribution in [0.1, 0.15) is 51.3 Å². The number of carbonyl (C=O) groups is 1. The fourth-order valence-electron chi connectivity index (χ4n) is 2.55. The molecule has 0 heterocycles. The third-order valence-electron chi connectivity index (χ3n) is 3.81. The largest absolute Gasteiger partial charge is 0.480 e. The Bertz CT molecular complexity index is 423. The van der Waals surface area contributed by atoms with Crippen molar-refractivity contribution in [2.45, 2.75) is 52.6 Å². The number of hydrogen-bond donors (Lipinski definition) is 1. The summed E-state index contributed by atoms with van der Waals surface area (Å²) in [6.07, 6.45) is 0.896. The Kier molecular flexibility index (Phi) is 5.12. The minimum absolute atomic E-state index is 0.136. The second-order valence-corrected chi connectivity index (χ2v) is 5.48. The van der Waals surface area contributed by atoms with Crippen molar-refractivity contribution in [3.05, 3.63) is 35.4 Å². The van der Waals surface area contributed by atoms with Gasteiger partial charge < -0.3 is 5.11 Å². The predicted octanol–water partition coefficient (Wildman–Crippen LogP) is 3.63. The van der Waals surface area contributed by atoms with Gasteiger partial charge in [-0.1, -0.05) is 43.7 Å². The third-order valence-corrected chi connectivity index (χ3v) is 3.81. The first-order chi connectivity index (χ1) is 8.84.